The van der Waals surface area contributed by atoms with Crippen molar-refractivity contribution in [2.24, 2.45) is 0 Å². The first-order valence-corrected chi connectivity index (χ1v) is 30.7. The van der Waals surface area contributed by atoms with Gasteiger partial charge in [-0.2, -0.15) is 0 Å². The Morgan fingerprint density at radius 3 is 1.48 bits per heavy atom. The van der Waals surface area contributed by atoms with Crippen molar-refractivity contribution >= 4 is 85.1 Å². The van der Waals surface area contributed by atoms with Gasteiger partial charge in [-0.05, 0) is 189 Å². The van der Waals surface area contributed by atoms with E-state index >= 15 is 0 Å². The van der Waals surface area contributed by atoms with Crippen LogP contribution in [0.3, 0.4) is 0 Å². The summed E-state index contributed by atoms with van der Waals surface area (Å²) in [4.78, 5) is 7.50. The predicted molar refractivity (Wildman–Crippen MR) is 361 cm³/mol. The first-order valence-electron chi connectivity index (χ1n) is 30.7. The third kappa shape index (κ3) is 9.04. The fourth-order valence-corrected chi connectivity index (χ4v) is 13.9. The van der Waals surface area contributed by atoms with Crippen molar-refractivity contribution in [3.8, 4) is 33.8 Å². The predicted octanol–water partition coefficient (Wildman–Crippen LogP) is 19.3. The Bertz CT molecular complexity index is 4300. The van der Waals surface area contributed by atoms with Gasteiger partial charge < -0.3 is 24.2 Å². The van der Waals surface area contributed by atoms with Gasteiger partial charge in [-0.1, -0.05) is 200 Å². The van der Waals surface area contributed by atoms with Crippen LogP contribution < -0.4 is 40.6 Å². The maximum Gasteiger partial charge on any atom is 0.252 e. The van der Waals surface area contributed by atoms with Crippen LogP contribution in [0.25, 0.3) is 33.0 Å². The molecule has 6 heteroatoms. The molecule has 85 heavy (non-hydrogen) atoms. The first-order chi connectivity index (χ1) is 40.4. The van der Waals surface area contributed by atoms with Crippen molar-refractivity contribution in [2.75, 3.05) is 27.9 Å². The van der Waals surface area contributed by atoms with Crippen LogP contribution in [0.15, 0.2) is 194 Å². The molecule has 0 radical (unpaired) electrons. The van der Waals surface area contributed by atoms with Crippen LogP contribution in [-0.4, -0.2) is 19.9 Å². The van der Waals surface area contributed by atoms with Gasteiger partial charge in [-0.3, -0.25) is 0 Å². The second kappa shape index (κ2) is 19.3. The molecule has 14 rings (SSSR count). The van der Waals surface area contributed by atoms with Crippen LogP contribution in [-0.2, 0) is 27.1 Å². The fraction of sp³-hybridized carbons (Fsp3) is 0.266. The number of anilines is 9. The monoisotopic (exact) mass is 1110 g/mol. The van der Waals surface area contributed by atoms with E-state index in [1.54, 1.807) is 0 Å². The fourth-order valence-electron chi connectivity index (χ4n) is 13.9. The van der Waals surface area contributed by atoms with Crippen molar-refractivity contribution in [1.29, 1.82) is 0 Å². The highest BCUT2D eigenvalue weighted by molar-refractivity contribution is 7.00. The van der Waals surface area contributed by atoms with Gasteiger partial charge in [0.05, 0.1) is 0 Å². The molecule has 5 nitrogen and oxygen atoms in total. The Labute approximate surface area is 505 Å². The van der Waals surface area contributed by atoms with E-state index in [-0.39, 0.29) is 33.8 Å². The summed E-state index contributed by atoms with van der Waals surface area (Å²) in [5.74, 6) is 1.57. The molecule has 3 heterocycles. The van der Waals surface area contributed by atoms with Crippen LogP contribution in [0.4, 0.5) is 51.2 Å². The summed E-state index contributed by atoms with van der Waals surface area (Å²) in [5, 5.41) is 2.58. The quantitative estimate of drug-likeness (QED) is 0.155. The van der Waals surface area contributed by atoms with Gasteiger partial charge in [0.1, 0.15) is 13.2 Å². The van der Waals surface area contributed by atoms with Crippen LogP contribution in [0.1, 0.15) is 130 Å². The summed E-state index contributed by atoms with van der Waals surface area (Å²) >= 11 is 0. The molecule has 10 aromatic rings. The van der Waals surface area contributed by atoms with Gasteiger partial charge in [0.2, 0.25) is 0 Å². The lowest BCUT2D eigenvalue weighted by atomic mass is 9.33. The van der Waals surface area contributed by atoms with Crippen molar-refractivity contribution in [1.82, 2.24) is 0 Å². The van der Waals surface area contributed by atoms with Crippen LogP contribution in [0.2, 0.25) is 0 Å². The topological polar surface area (TPSA) is 28.2 Å². The van der Waals surface area contributed by atoms with E-state index in [0.717, 1.165) is 68.1 Å². The second-order valence-electron chi connectivity index (χ2n) is 28.9. The highest BCUT2D eigenvalue weighted by Gasteiger charge is 2.45. The van der Waals surface area contributed by atoms with Gasteiger partial charge in [0.15, 0.2) is 11.5 Å². The van der Waals surface area contributed by atoms with Crippen molar-refractivity contribution in [2.45, 2.75) is 124 Å². The molecule has 1 aliphatic carbocycles. The van der Waals surface area contributed by atoms with E-state index in [2.05, 4.69) is 306 Å². The number of nitrogens with zero attached hydrogens (tertiary/aromatic N) is 3. The Kier molecular flexibility index (Phi) is 12.3. The molecule has 424 valence electrons. The second-order valence-corrected chi connectivity index (χ2v) is 28.9. The SMILES string of the molecule is CC(C)(C)c1ccc(N(c2ccc(-c3cc4c5c(c3)N(c3ccc(C(C)(C)C)cc3)c3cc6c(cc3B5c3cc(C(C)(C)C)ccc3N4c3ccc(C(C)(C)C)cc3)OCCO6)cc2)c2ccc3c(c2)C(C)(C)c2ccc4ccccc4c2-3)cc1. The van der Waals surface area contributed by atoms with Crippen LogP contribution in [0, 0.1) is 0 Å². The summed E-state index contributed by atoms with van der Waals surface area (Å²) in [5.41, 5.74) is 26.5. The van der Waals surface area contributed by atoms with Crippen molar-refractivity contribution < 1.29 is 9.47 Å². The molecular formula is C79H78BN3O2. The Morgan fingerprint density at radius 1 is 0.412 bits per heavy atom. The molecule has 0 fully saturated rings. The average Bonchev–Trinajstić information content (AvgIpc) is 1.05. The number of rotatable bonds is 6. The maximum absolute atomic E-state index is 6.48. The molecule has 3 aliphatic heterocycles. The molecule has 0 unspecified atom stereocenters. The smallest absolute Gasteiger partial charge is 0.252 e. The Hall–Kier alpha value is -8.48. The molecule has 0 saturated heterocycles. The number of hydrogen-bond acceptors (Lipinski definition) is 5. The highest BCUT2D eigenvalue weighted by Crippen LogP contribution is 2.54. The van der Waals surface area contributed by atoms with E-state index in [4.69, 9.17) is 9.47 Å². The van der Waals surface area contributed by atoms with Crippen molar-refractivity contribution in [3.63, 3.8) is 0 Å². The third-order valence-electron chi connectivity index (χ3n) is 18.8. The highest BCUT2D eigenvalue weighted by atomic mass is 16.6. The molecule has 0 saturated carbocycles. The minimum absolute atomic E-state index is 0.00224. The molecule has 0 bridgehead atoms. The summed E-state index contributed by atoms with van der Waals surface area (Å²) < 4.78 is 13.0. The zero-order chi connectivity index (χ0) is 59.3. The summed E-state index contributed by atoms with van der Waals surface area (Å²) in [6.45, 7) is 33.3. The van der Waals surface area contributed by atoms with E-state index < -0.39 is 0 Å². The average molecular weight is 1110 g/mol. The molecule has 0 aromatic heterocycles. The molecular weight excluding hydrogens is 1030 g/mol. The zero-order valence-electron chi connectivity index (χ0n) is 52.1. The summed E-state index contributed by atoms with van der Waals surface area (Å²) in [6.07, 6.45) is 0. The zero-order valence-corrected chi connectivity index (χ0v) is 52.1. The molecule has 10 aromatic carbocycles. The molecule has 0 atom stereocenters. The maximum atomic E-state index is 6.48. The lowest BCUT2D eigenvalue weighted by Gasteiger charge is -2.45. The van der Waals surface area contributed by atoms with Crippen LogP contribution in [0.5, 0.6) is 11.5 Å². The largest absolute Gasteiger partial charge is 0.486 e. The molecule has 0 N–H and O–H groups in total. The van der Waals surface area contributed by atoms with E-state index in [0.29, 0.717) is 13.2 Å². The van der Waals surface area contributed by atoms with Gasteiger partial charge in [0.25, 0.3) is 6.71 Å². The summed E-state index contributed by atoms with van der Waals surface area (Å²) in [7, 11) is 0. The minimum Gasteiger partial charge on any atom is -0.486 e. The van der Waals surface area contributed by atoms with Gasteiger partial charge in [-0.15, -0.1) is 0 Å². The van der Waals surface area contributed by atoms with Crippen molar-refractivity contribution in [3.05, 3.63) is 228 Å². The number of benzene rings is 10. The molecule has 0 spiro atoms. The molecule has 0 amide bonds. The minimum atomic E-state index is -0.191. The van der Waals surface area contributed by atoms with Crippen LogP contribution >= 0.6 is 0 Å². The standard InChI is InChI=1S/C79H78BN3O2/c1-75(2,3)52-22-31-57(32-23-52)81(60-37-38-62-64(46-60)79(13,14)63-39-21-50-17-15-16-18-61(50)73(62)63)56-29-19-49(20-30-56)51-43-69-74-70(44-51)83(59-35-26-54(27-36-59)77(7,8)9)68-48-72-71(84-41-42-85-72)47-66(68)80(74)65-45-55(78(10,11)12)28-40-67(65)82(69)58-33-24-53(25-34-58)76(4,5)6/h15-40,43-48H,41-42H2,1-14H3. The summed E-state index contributed by atoms with van der Waals surface area (Å²) in [6, 6.07) is 74.5. The Balaban J connectivity index is 0.982. The Morgan fingerprint density at radius 2 is 0.906 bits per heavy atom. The third-order valence-corrected chi connectivity index (χ3v) is 18.8. The number of ether oxygens (including phenoxy) is 2. The van der Waals surface area contributed by atoms with E-state index in [9.17, 15) is 0 Å². The number of hydrogen-bond donors (Lipinski definition) is 0. The van der Waals surface area contributed by atoms with Gasteiger partial charge in [-0.25, -0.2) is 0 Å². The normalized spacial score (nSPS) is 14.8. The van der Waals surface area contributed by atoms with E-state index in [1.807, 2.05) is 0 Å². The van der Waals surface area contributed by atoms with E-state index in [1.165, 1.54) is 77.4 Å². The lowest BCUT2D eigenvalue weighted by Crippen LogP contribution is -2.61. The number of fused-ring (bicyclic) bond motifs is 10. The lowest BCUT2D eigenvalue weighted by molar-refractivity contribution is 0.172. The van der Waals surface area contributed by atoms with Gasteiger partial charge >= 0.3 is 0 Å². The first kappa shape index (κ1) is 54.5. The van der Waals surface area contributed by atoms with Gasteiger partial charge in [0, 0.05) is 62.7 Å². The molecule has 4 aliphatic rings.